The van der Waals surface area contributed by atoms with Gasteiger partial charge in [-0.2, -0.15) is 0 Å². The minimum Gasteiger partial charge on any atom is -0.345 e. The summed E-state index contributed by atoms with van der Waals surface area (Å²) >= 11 is 1.63. The molecule has 0 radical (unpaired) electrons. The largest absolute Gasteiger partial charge is 0.345 e. The maximum atomic E-state index is 12.0. The summed E-state index contributed by atoms with van der Waals surface area (Å²) in [6.45, 7) is 1.97. The van der Waals surface area contributed by atoms with Crippen LogP contribution >= 0.6 is 11.3 Å². The average Bonchev–Trinajstić information content (AvgIpc) is 2.92. The fourth-order valence-electron chi connectivity index (χ4n) is 1.61. The third kappa shape index (κ3) is 2.88. The minimum absolute atomic E-state index is 0.0183. The molecule has 4 nitrogen and oxygen atoms in total. The standard InChI is InChI=1S/C13H15N3OS/c1-9(12-3-2-8-18-12)15-13(17)10-4-6-11(16-14)7-5-10/h2-9,16H,14H2,1H3,(H,15,17). The van der Waals surface area contributed by atoms with Crippen molar-refractivity contribution in [3.63, 3.8) is 0 Å². The SMILES string of the molecule is CC(NC(=O)c1ccc(NN)cc1)c1cccs1. The molecular weight excluding hydrogens is 246 g/mol. The van der Waals surface area contributed by atoms with E-state index >= 15 is 0 Å². The van der Waals surface area contributed by atoms with Crippen LogP contribution in [0.25, 0.3) is 0 Å². The van der Waals surface area contributed by atoms with Crippen molar-refractivity contribution in [2.45, 2.75) is 13.0 Å². The van der Waals surface area contributed by atoms with E-state index in [2.05, 4.69) is 10.7 Å². The lowest BCUT2D eigenvalue weighted by molar-refractivity contribution is 0.0940. The first kappa shape index (κ1) is 12.6. The zero-order chi connectivity index (χ0) is 13.0. The second-order valence-corrected chi connectivity index (χ2v) is 4.91. The maximum absolute atomic E-state index is 12.0. The van der Waals surface area contributed by atoms with Crippen LogP contribution in [0.5, 0.6) is 0 Å². The van der Waals surface area contributed by atoms with E-state index in [1.807, 2.05) is 24.4 Å². The lowest BCUT2D eigenvalue weighted by atomic mass is 10.2. The first-order valence-electron chi connectivity index (χ1n) is 5.61. The number of nitrogens with one attached hydrogen (secondary N) is 2. The molecule has 0 aliphatic carbocycles. The van der Waals surface area contributed by atoms with Crippen LogP contribution in [0.3, 0.4) is 0 Å². The maximum Gasteiger partial charge on any atom is 0.251 e. The molecule has 0 aliphatic heterocycles. The van der Waals surface area contributed by atoms with Gasteiger partial charge in [-0.1, -0.05) is 6.07 Å². The van der Waals surface area contributed by atoms with Gasteiger partial charge in [-0.05, 0) is 42.6 Å². The Labute approximate surface area is 110 Å². The summed E-state index contributed by atoms with van der Waals surface area (Å²) in [5.74, 6) is 5.19. The predicted octanol–water partition coefficient (Wildman–Crippen LogP) is 2.52. The van der Waals surface area contributed by atoms with Crippen LogP contribution in [0, 0.1) is 0 Å². The number of nitrogens with two attached hydrogens (primary N) is 1. The van der Waals surface area contributed by atoms with E-state index in [0.717, 1.165) is 10.6 Å². The van der Waals surface area contributed by atoms with E-state index in [1.165, 1.54) is 0 Å². The van der Waals surface area contributed by atoms with Crippen molar-refractivity contribution in [3.8, 4) is 0 Å². The molecular formula is C13H15N3OS. The summed E-state index contributed by atoms with van der Waals surface area (Å²) in [6.07, 6.45) is 0. The summed E-state index contributed by atoms with van der Waals surface area (Å²) in [5.41, 5.74) is 3.92. The van der Waals surface area contributed by atoms with Crippen LogP contribution in [0.1, 0.15) is 28.2 Å². The van der Waals surface area contributed by atoms with Gasteiger partial charge in [0.2, 0.25) is 0 Å². The van der Waals surface area contributed by atoms with Gasteiger partial charge >= 0.3 is 0 Å². The van der Waals surface area contributed by atoms with Crippen LogP contribution in [0.4, 0.5) is 5.69 Å². The highest BCUT2D eigenvalue weighted by atomic mass is 32.1. The highest BCUT2D eigenvalue weighted by Crippen LogP contribution is 2.18. The van der Waals surface area contributed by atoms with E-state index in [0.29, 0.717) is 5.56 Å². The number of hydrogen-bond acceptors (Lipinski definition) is 4. The minimum atomic E-state index is -0.0838. The number of rotatable bonds is 4. The molecule has 1 atom stereocenters. The van der Waals surface area contributed by atoms with Crippen LogP contribution < -0.4 is 16.6 Å². The quantitative estimate of drug-likeness (QED) is 0.585. The Kier molecular flexibility index (Phi) is 3.96. The Morgan fingerprint density at radius 2 is 2.00 bits per heavy atom. The van der Waals surface area contributed by atoms with Gasteiger partial charge in [0.15, 0.2) is 0 Å². The van der Waals surface area contributed by atoms with Crippen molar-refractivity contribution in [1.29, 1.82) is 0 Å². The second kappa shape index (κ2) is 5.66. The molecule has 0 saturated carbocycles. The van der Waals surface area contributed by atoms with Crippen molar-refractivity contribution < 1.29 is 4.79 Å². The van der Waals surface area contributed by atoms with E-state index < -0.39 is 0 Å². The fraction of sp³-hybridized carbons (Fsp3) is 0.154. The summed E-state index contributed by atoms with van der Waals surface area (Å²) in [6, 6.07) is 11.0. The molecule has 2 rings (SSSR count). The Hall–Kier alpha value is -1.85. The summed E-state index contributed by atoms with van der Waals surface area (Å²) in [5, 5.41) is 4.96. The normalized spacial score (nSPS) is 11.9. The number of carbonyl (C=O) groups excluding carboxylic acids is 1. The molecule has 2 aromatic rings. The molecule has 1 aromatic heterocycles. The molecule has 0 spiro atoms. The van der Waals surface area contributed by atoms with Crippen molar-refractivity contribution in [2.24, 2.45) is 5.84 Å². The third-order valence-electron chi connectivity index (χ3n) is 2.63. The lowest BCUT2D eigenvalue weighted by Crippen LogP contribution is -2.26. The molecule has 1 heterocycles. The van der Waals surface area contributed by atoms with Gasteiger partial charge in [-0.15, -0.1) is 11.3 Å². The molecule has 1 unspecified atom stereocenters. The molecule has 0 saturated heterocycles. The van der Waals surface area contributed by atoms with Crippen LogP contribution in [0.2, 0.25) is 0 Å². The van der Waals surface area contributed by atoms with Gasteiger partial charge in [0.05, 0.1) is 6.04 Å². The number of hydrazine groups is 1. The van der Waals surface area contributed by atoms with Crippen LogP contribution in [-0.4, -0.2) is 5.91 Å². The molecule has 18 heavy (non-hydrogen) atoms. The number of anilines is 1. The fourth-order valence-corrected chi connectivity index (χ4v) is 2.34. The molecule has 0 aliphatic rings. The highest BCUT2D eigenvalue weighted by molar-refractivity contribution is 7.10. The Morgan fingerprint density at radius 3 is 2.56 bits per heavy atom. The Morgan fingerprint density at radius 1 is 1.28 bits per heavy atom. The molecule has 94 valence electrons. The van der Waals surface area contributed by atoms with E-state index in [4.69, 9.17) is 5.84 Å². The molecule has 4 N–H and O–H groups in total. The Bertz CT molecular complexity index is 508. The first-order chi connectivity index (χ1) is 8.70. The molecule has 1 amide bonds. The average molecular weight is 261 g/mol. The molecule has 0 bridgehead atoms. The van der Waals surface area contributed by atoms with E-state index in [9.17, 15) is 4.79 Å². The summed E-state index contributed by atoms with van der Waals surface area (Å²) in [4.78, 5) is 13.1. The monoisotopic (exact) mass is 261 g/mol. The molecule has 5 heteroatoms. The molecule has 1 aromatic carbocycles. The number of nitrogen functional groups attached to an aromatic ring is 1. The summed E-state index contributed by atoms with van der Waals surface area (Å²) in [7, 11) is 0. The first-order valence-corrected chi connectivity index (χ1v) is 6.49. The van der Waals surface area contributed by atoms with Crippen molar-refractivity contribution in [2.75, 3.05) is 5.43 Å². The van der Waals surface area contributed by atoms with Gasteiger partial charge in [-0.3, -0.25) is 10.6 Å². The lowest BCUT2D eigenvalue weighted by Gasteiger charge is -2.12. The highest BCUT2D eigenvalue weighted by Gasteiger charge is 2.11. The number of hydrogen-bond donors (Lipinski definition) is 3. The van der Waals surface area contributed by atoms with Crippen LogP contribution in [0.15, 0.2) is 41.8 Å². The van der Waals surface area contributed by atoms with Gasteiger partial charge < -0.3 is 10.7 Å². The number of thiophene rings is 1. The van der Waals surface area contributed by atoms with E-state index in [1.54, 1.807) is 35.6 Å². The van der Waals surface area contributed by atoms with Crippen molar-refractivity contribution >= 4 is 22.9 Å². The predicted molar refractivity (Wildman–Crippen MR) is 74.5 cm³/mol. The number of benzene rings is 1. The summed E-state index contributed by atoms with van der Waals surface area (Å²) < 4.78 is 0. The molecule has 0 fully saturated rings. The van der Waals surface area contributed by atoms with Gasteiger partial charge in [0.1, 0.15) is 0 Å². The van der Waals surface area contributed by atoms with Gasteiger partial charge in [0.25, 0.3) is 5.91 Å². The third-order valence-corrected chi connectivity index (χ3v) is 3.69. The van der Waals surface area contributed by atoms with Crippen LogP contribution in [-0.2, 0) is 0 Å². The smallest absolute Gasteiger partial charge is 0.251 e. The topological polar surface area (TPSA) is 67.2 Å². The van der Waals surface area contributed by atoms with Gasteiger partial charge in [0, 0.05) is 16.1 Å². The number of amides is 1. The van der Waals surface area contributed by atoms with Crippen molar-refractivity contribution in [1.82, 2.24) is 5.32 Å². The van der Waals surface area contributed by atoms with E-state index in [-0.39, 0.29) is 11.9 Å². The zero-order valence-electron chi connectivity index (χ0n) is 10.0. The number of carbonyl (C=O) groups is 1. The Balaban J connectivity index is 2.03. The van der Waals surface area contributed by atoms with Gasteiger partial charge in [-0.25, -0.2) is 0 Å². The second-order valence-electron chi connectivity index (χ2n) is 3.93. The zero-order valence-corrected chi connectivity index (χ0v) is 10.8. The van der Waals surface area contributed by atoms with Crippen molar-refractivity contribution in [3.05, 3.63) is 52.2 Å².